The molecule has 0 heterocycles. The zero-order valence-electron chi connectivity index (χ0n) is 16.6. The quantitative estimate of drug-likeness (QED) is 0.330. The third kappa shape index (κ3) is 5.06. The van der Waals surface area contributed by atoms with Crippen molar-refractivity contribution in [2.75, 3.05) is 0 Å². The van der Waals surface area contributed by atoms with Gasteiger partial charge in [0.1, 0.15) is 0 Å². The van der Waals surface area contributed by atoms with Gasteiger partial charge in [0.05, 0.1) is 8.07 Å². The number of halogens is 3. The van der Waals surface area contributed by atoms with Crippen LogP contribution in [-0.2, 0) is 21.7 Å². The Morgan fingerprint density at radius 2 is 1.36 bits per heavy atom. The van der Waals surface area contributed by atoms with Crippen molar-refractivity contribution in [2.24, 2.45) is 0 Å². The van der Waals surface area contributed by atoms with Crippen LogP contribution in [0.5, 0.6) is 0 Å². The average molecular weight is 452 g/mol. The monoisotopic (exact) mass is 450 g/mol. The molecule has 5 heteroatoms. The predicted octanol–water partition coefficient (Wildman–Crippen LogP) is -3.52. The summed E-state index contributed by atoms with van der Waals surface area (Å²) in [5, 5.41) is 1.70. The molecule has 0 fully saturated rings. The molecule has 2 unspecified atom stereocenters. The summed E-state index contributed by atoms with van der Waals surface area (Å²) in [6.07, 6.45) is 3.86. The van der Waals surface area contributed by atoms with E-state index in [1.807, 2.05) is 0 Å². The molecule has 0 saturated heterocycles. The summed E-state index contributed by atoms with van der Waals surface area (Å²) in [5.41, 5.74) is 7.12. The fourth-order valence-electron chi connectivity index (χ4n) is 3.91. The maximum Gasteiger partial charge on any atom is 4.00 e. The van der Waals surface area contributed by atoms with E-state index in [0.717, 1.165) is 0 Å². The Bertz CT molecular complexity index is 634. The molecule has 0 bridgehead atoms. The molecule has 0 spiro atoms. The van der Waals surface area contributed by atoms with Gasteiger partial charge in [-0.15, -0.1) is 6.92 Å². The first kappa shape index (κ1) is 30.2. The summed E-state index contributed by atoms with van der Waals surface area (Å²) in [5.74, 6) is 0. The van der Waals surface area contributed by atoms with Crippen LogP contribution in [-0.4, -0.2) is 8.07 Å². The third-order valence-electron chi connectivity index (χ3n) is 5.98. The van der Waals surface area contributed by atoms with Gasteiger partial charge in [-0.25, -0.2) is 5.57 Å². The van der Waals surface area contributed by atoms with Crippen LogP contribution >= 0.6 is 0 Å². The average Bonchev–Trinajstić information content (AvgIpc) is 2.61. The van der Waals surface area contributed by atoms with Gasteiger partial charge in [0.25, 0.3) is 0 Å². The smallest absolute Gasteiger partial charge is 1.00 e. The van der Waals surface area contributed by atoms with Crippen LogP contribution in [0.1, 0.15) is 45.7 Å². The molecule has 2 rings (SSSR count). The molecule has 1 aromatic carbocycles. The van der Waals surface area contributed by atoms with Crippen molar-refractivity contribution in [1.82, 2.24) is 0 Å². The first-order chi connectivity index (χ1) is 9.65. The maximum absolute atomic E-state index is 3.86. The fourth-order valence-corrected chi connectivity index (χ4v) is 8.17. The summed E-state index contributed by atoms with van der Waals surface area (Å²) in [7, 11) is -1.69. The molecule has 0 nitrogen and oxygen atoms in total. The summed E-state index contributed by atoms with van der Waals surface area (Å²) in [4.78, 5) is 0. The molecule has 0 aliphatic heterocycles. The molecule has 2 atom stereocenters. The summed E-state index contributed by atoms with van der Waals surface area (Å²) < 4.78 is 0. The van der Waals surface area contributed by atoms with Crippen molar-refractivity contribution in [3.63, 3.8) is 0 Å². The minimum atomic E-state index is -1.69. The van der Waals surface area contributed by atoms with Crippen molar-refractivity contribution >= 4 is 13.3 Å². The van der Waals surface area contributed by atoms with Crippen LogP contribution in [0.15, 0.2) is 34.9 Å². The van der Waals surface area contributed by atoms with E-state index in [0.29, 0.717) is 0 Å². The Hall–Kier alpha value is 0.501. The van der Waals surface area contributed by atoms with Gasteiger partial charge in [0.15, 0.2) is 0 Å². The van der Waals surface area contributed by atoms with E-state index in [1.165, 1.54) is 33.9 Å². The zero-order valence-corrected chi connectivity index (χ0v) is 21.4. The first-order valence-electron chi connectivity index (χ1n) is 8.04. The van der Waals surface area contributed by atoms with Gasteiger partial charge in [0, 0.05) is 0 Å². The molecular weight excluding hydrogens is 423 g/mol. The standard InChI is InChI=1S/C20H29Si.3ClH.Ti/c1-9-21(8,19-11-14(2)10-15(3)12-19)20(7)13-16(4)17(5)18(20)6;;;;/h10-12H,9H2,1-8H3;3*1H;/q-1;;;;+4/p-3. The number of hydrogen-bond donors (Lipinski definition) is 0. The first-order valence-corrected chi connectivity index (χ1v) is 10.7. The maximum atomic E-state index is 3.86. The van der Waals surface area contributed by atoms with Gasteiger partial charge < -0.3 is 37.2 Å². The molecule has 0 N–H and O–H groups in total. The van der Waals surface area contributed by atoms with Crippen LogP contribution in [0.25, 0.3) is 0 Å². The number of aryl methyl sites for hydroxylation is 2. The Morgan fingerprint density at radius 1 is 0.920 bits per heavy atom. The van der Waals surface area contributed by atoms with Gasteiger partial charge in [0.2, 0.25) is 0 Å². The largest absolute Gasteiger partial charge is 4.00 e. The molecule has 0 aromatic heterocycles. The Morgan fingerprint density at radius 3 is 1.68 bits per heavy atom. The van der Waals surface area contributed by atoms with E-state index < -0.39 is 8.07 Å². The van der Waals surface area contributed by atoms with Crippen molar-refractivity contribution in [3.8, 4) is 0 Å². The summed E-state index contributed by atoms with van der Waals surface area (Å²) in [6.45, 7) is 18.6. The van der Waals surface area contributed by atoms with Crippen LogP contribution in [0.2, 0.25) is 17.6 Å². The number of benzene rings is 1. The second-order valence-electron chi connectivity index (χ2n) is 7.19. The minimum absolute atomic E-state index is 0. The SMILES string of the molecule is CC[Si](C)(c1cc(C)cc(C)c1)C1(C)[C-]=C(C)C(C)=C1C.[Cl-].[Cl-].[Cl-].[Ti+4]. The Kier molecular flexibility index (Phi) is 13.0. The molecule has 1 aromatic rings. The van der Waals surface area contributed by atoms with E-state index in [4.69, 9.17) is 0 Å². The van der Waals surface area contributed by atoms with Gasteiger partial charge in [-0.05, 0) is 13.8 Å². The van der Waals surface area contributed by atoms with Gasteiger partial charge in [-0.2, -0.15) is 11.1 Å². The molecule has 1 aliphatic rings. The molecule has 25 heavy (non-hydrogen) atoms. The molecule has 0 saturated carbocycles. The molecule has 1 aliphatic carbocycles. The van der Waals surface area contributed by atoms with Crippen molar-refractivity contribution in [1.29, 1.82) is 0 Å². The number of hydrogen-bond acceptors (Lipinski definition) is 0. The summed E-state index contributed by atoms with van der Waals surface area (Å²) >= 11 is 0. The van der Waals surface area contributed by atoms with Gasteiger partial charge >= 0.3 is 21.7 Å². The van der Waals surface area contributed by atoms with E-state index >= 15 is 0 Å². The normalized spacial score (nSPS) is 21.0. The van der Waals surface area contributed by atoms with Crippen molar-refractivity contribution in [2.45, 2.75) is 66.1 Å². The summed E-state index contributed by atoms with van der Waals surface area (Å²) in [6, 6.07) is 8.37. The molecule has 0 radical (unpaired) electrons. The van der Waals surface area contributed by atoms with E-state index in [-0.39, 0.29) is 64.0 Å². The topological polar surface area (TPSA) is 0 Å². The van der Waals surface area contributed by atoms with Crippen molar-refractivity contribution < 1.29 is 58.9 Å². The van der Waals surface area contributed by atoms with Gasteiger partial charge in [-0.1, -0.05) is 79.8 Å². The third-order valence-corrected chi connectivity index (χ3v) is 11.7. The minimum Gasteiger partial charge on any atom is -1.00 e. The zero-order chi connectivity index (χ0) is 16.0. The second kappa shape index (κ2) is 10.7. The molecule has 0 amide bonds. The van der Waals surface area contributed by atoms with Crippen LogP contribution < -0.4 is 42.4 Å². The van der Waals surface area contributed by atoms with Crippen LogP contribution in [0.3, 0.4) is 0 Å². The van der Waals surface area contributed by atoms with Gasteiger partial charge in [-0.3, -0.25) is 6.08 Å². The number of allylic oxidation sites excluding steroid dienone is 4. The van der Waals surface area contributed by atoms with E-state index in [9.17, 15) is 0 Å². The van der Waals surface area contributed by atoms with E-state index in [1.54, 1.807) is 5.19 Å². The fraction of sp³-hybridized carbons (Fsp3) is 0.500. The molecule has 138 valence electrons. The Balaban J connectivity index is -0.00000121. The van der Waals surface area contributed by atoms with Crippen molar-refractivity contribution in [3.05, 3.63) is 52.1 Å². The van der Waals surface area contributed by atoms with Crippen LogP contribution in [0.4, 0.5) is 0 Å². The number of rotatable bonds is 3. The molecular formula is C20H29Cl3SiTi. The predicted molar refractivity (Wildman–Crippen MR) is 96.8 cm³/mol. The van der Waals surface area contributed by atoms with E-state index in [2.05, 4.69) is 79.3 Å². The Labute approximate surface area is 189 Å². The second-order valence-corrected chi connectivity index (χ2v) is 12.1. The van der Waals surface area contributed by atoms with Crippen LogP contribution in [0, 0.1) is 19.9 Å².